The second-order valence-corrected chi connectivity index (χ2v) is 6.99. The highest BCUT2D eigenvalue weighted by atomic mass is 19.1. The minimum absolute atomic E-state index is 0.0551. The summed E-state index contributed by atoms with van der Waals surface area (Å²) in [4.78, 5) is 12.2. The zero-order valence-electron chi connectivity index (χ0n) is 14.1. The van der Waals surface area contributed by atoms with Crippen LogP contribution in [0, 0.1) is 17.7 Å². The van der Waals surface area contributed by atoms with Gasteiger partial charge in [0.1, 0.15) is 5.82 Å². The molecule has 0 aromatic heterocycles. The predicted molar refractivity (Wildman–Crippen MR) is 91.2 cm³/mol. The zero-order chi connectivity index (χ0) is 16.8. The summed E-state index contributed by atoms with van der Waals surface area (Å²) in [6, 6.07) is 6.24. The average Bonchev–Trinajstić information content (AvgIpc) is 3.24. The fraction of sp³-hybridized carbons (Fsp3) is 0.632. The summed E-state index contributed by atoms with van der Waals surface area (Å²) in [6.45, 7) is 1.87. The van der Waals surface area contributed by atoms with E-state index in [4.69, 9.17) is 4.74 Å². The molecule has 0 aliphatic heterocycles. The Bertz CT molecular complexity index is 525. The van der Waals surface area contributed by atoms with E-state index < -0.39 is 0 Å². The van der Waals surface area contributed by atoms with Crippen LogP contribution < -0.4 is 10.6 Å². The van der Waals surface area contributed by atoms with Crippen molar-refractivity contribution in [2.45, 2.75) is 44.6 Å². The number of benzene rings is 1. The molecule has 0 saturated heterocycles. The van der Waals surface area contributed by atoms with Gasteiger partial charge in [0, 0.05) is 13.2 Å². The number of carbonyl (C=O) groups excluding carboxylic acids is 1. The fourth-order valence-corrected chi connectivity index (χ4v) is 3.40. The minimum Gasteiger partial charge on any atom is -0.379 e. The van der Waals surface area contributed by atoms with Crippen LogP contribution in [-0.2, 0) is 4.74 Å². The van der Waals surface area contributed by atoms with Gasteiger partial charge in [0.15, 0.2) is 0 Å². The largest absolute Gasteiger partial charge is 0.379 e. The number of carbonyl (C=O) groups is 1. The van der Waals surface area contributed by atoms with E-state index >= 15 is 0 Å². The van der Waals surface area contributed by atoms with Crippen molar-refractivity contribution in [1.29, 1.82) is 0 Å². The topological polar surface area (TPSA) is 50.4 Å². The molecule has 1 unspecified atom stereocenters. The number of urea groups is 1. The highest BCUT2D eigenvalue weighted by Crippen LogP contribution is 2.35. The van der Waals surface area contributed by atoms with Crippen LogP contribution in [-0.4, -0.2) is 25.8 Å². The molecule has 2 saturated carbocycles. The Balaban J connectivity index is 1.48. The van der Waals surface area contributed by atoms with E-state index in [9.17, 15) is 9.18 Å². The van der Waals surface area contributed by atoms with Gasteiger partial charge in [0.2, 0.25) is 0 Å². The summed E-state index contributed by atoms with van der Waals surface area (Å²) in [5, 5.41) is 5.94. The molecule has 2 N–H and O–H groups in total. The van der Waals surface area contributed by atoms with Crippen molar-refractivity contribution in [2.24, 2.45) is 11.8 Å². The third kappa shape index (κ3) is 5.20. The smallest absolute Gasteiger partial charge is 0.315 e. The van der Waals surface area contributed by atoms with Crippen molar-refractivity contribution in [2.75, 3.05) is 19.8 Å². The Hall–Kier alpha value is -1.62. The SMILES string of the molecule is O=C(NCCOCC1CC1)NC(c1ccc(F)cc1)C1CCCC1. The van der Waals surface area contributed by atoms with Crippen LogP contribution in [0.25, 0.3) is 0 Å². The molecule has 1 aromatic rings. The van der Waals surface area contributed by atoms with Crippen molar-refractivity contribution in [3.05, 3.63) is 35.6 Å². The third-order valence-electron chi connectivity index (χ3n) is 4.97. The molecule has 24 heavy (non-hydrogen) atoms. The number of hydrogen-bond donors (Lipinski definition) is 2. The summed E-state index contributed by atoms with van der Waals surface area (Å²) < 4.78 is 18.7. The highest BCUT2D eigenvalue weighted by Gasteiger charge is 2.27. The van der Waals surface area contributed by atoms with Gasteiger partial charge in [-0.25, -0.2) is 9.18 Å². The zero-order valence-corrected chi connectivity index (χ0v) is 14.1. The second kappa shape index (κ2) is 8.47. The standard InChI is InChI=1S/C19H27FN2O2/c20-17-9-7-16(8-10-17)18(15-3-1-2-4-15)22-19(23)21-11-12-24-13-14-5-6-14/h7-10,14-15,18H,1-6,11-13H2,(H2,21,22,23). The molecule has 3 rings (SSSR count). The molecule has 1 aromatic carbocycles. The summed E-state index contributed by atoms with van der Waals surface area (Å²) in [6.07, 6.45) is 7.14. The maximum atomic E-state index is 13.2. The normalized spacial score (nSPS) is 19.2. The van der Waals surface area contributed by atoms with Gasteiger partial charge >= 0.3 is 6.03 Å². The van der Waals surface area contributed by atoms with Crippen molar-refractivity contribution >= 4 is 6.03 Å². The van der Waals surface area contributed by atoms with E-state index in [0.29, 0.717) is 19.1 Å². The second-order valence-electron chi connectivity index (χ2n) is 6.99. The Kier molecular flexibility index (Phi) is 6.07. The molecule has 2 aliphatic carbocycles. The molecular formula is C19H27FN2O2. The van der Waals surface area contributed by atoms with E-state index in [1.165, 1.54) is 37.8 Å². The van der Waals surface area contributed by atoms with Crippen molar-refractivity contribution in [3.63, 3.8) is 0 Å². The monoisotopic (exact) mass is 334 g/mol. The highest BCUT2D eigenvalue weighted by molar-refractivity contribution is 5.74. The molecular weight excluding hydrogens is 307 g/mol. The number of halogens is 1. The van der Waals surface area contributed by atoms with Crippen molar-refractivity contribution in [1.82, 2.24) is 10.6 Å². The predicted octanol–water partition coefficient (Wildman–Crippen LogP) is 3.78. The number of amides is 2. The van der Waals surface area contributed by atoms with E-state index in [1.54, 1.807) is 12.1 Å². The molecule has 2 aliphatic rings. The molecule has 2 amide bonds. The van der Waals surface area contributed by atoms with E-state index in [0.717, 1.165) is 30.9 Å². The number of ether oxygens (including phenoxy) is 1. The Morgan fingerprint density at radius 1 is 1.17 bits per heavy atom. The Morgan fingerprint density at radius 3 is 2.54 bits per heavy atom. The first-order valence-corrected chi connectivity index (χ1v) is 9.10. The van der Waals surface area contributed by atoms with Crippen LogP contribution >= 0.6 is 0 Å². The molecule has 4 nitrogen and oxygen atoms in total. The lowest BCUT2D eigenvalue weighted by Crippen LogP contribution is -2.41. The summed E-state index contributed by atoms with van der Waals surface area (Å²) in [7, 11) is 0. The number of nitrogens with one attached hydrogen (secondary N) is 2. The maximum absolute atomic E-state index is 13.2. The molecule has 132 valence electrons. The summed E-state index contributed by atoms with van der Waals surface area (Å²) in [5.74, 6) is 0.914. The van der Waals surface area contributed by atoms with Gasteiger partial charge < -0.3 is 15.4 Å². The van der Waals surface area contributed by atoms with Crippen LogP contribution in [0.5, 0.6) is 0 Å². The average molecular weight is 334 g/mol. The van der Waals surface area contributed by atoms with Crippen LogP contribution in [0.3, 0.4) is 0 Å². The first-order chi connectivity index (χ1) is 11.7. The van der Waals surface area contributed by atoms with E-state index in [2.05, 4.69) is 10.6 Å². The van der Waals surface area contributed by atoms with Crippen LogP contribution in [0.4, 0.5) is 9.18 Å². The van der Waals surface area contributed by atoms with Gasteiger partial charge in [-0.3, -0.25) is 0 Å². The Labute approximate surface area is 143 Å². The molecule has 0 radical (unpaired) electrons. The van der Waals surface area contributed by atoms with Crippen LogP contribution in [0.1, 0.15) is 50.1 Å². The fourth-order valence-electron chi connectivity index (χ4n) is 3.40. The van der Waals surface area contributed by atoms with Gasteiger partial charge in [-0.1, -0.05) is 25.0 Å². The Morgan fingerprint density at radius 2 is 1.88 bits per heavy atom. The molecule has 2 fully saturated rings. The summed E-state index contributed by atoms with van der Waals surface area (Å²) >= 11 is 0. The lowest BCUT2D eigenvalue weighted by atomic mass is 9.92. The lowest BCUT2D eigenvalue weighted by molar-refractivity contribution is 0.126. The minimum atomic E-state index is -0.249. The van der Waals surface area contributed by atoms with Gasteiger partial charge in [-0.2, -0.15) is 0 Å². The van der Waals surface area contributed by atoms with Crippen molar-refractivity contribution in [3.8, 4) is 0 Å². The maximum Gasteiger partial charge on any atom is 0.315 e. The van der Waals surface area contributed by atoms with Gasteiger partial charge in [-0.15, -0.1) is 0 Å². The molecule has 1 atom stereocenters. The van der Waals surface area contributed by atoms with Crippen LogP contribution in [0.15, 0.2) is 24.3 Å². The van der Waals surface area contributed by atoms with E-state index in [1.807, 2.05) is 0 Å². The summed E-state index contributed by atoms with van der Waals surface area (Å²) in [5.41, 5.74) is 0.975. The number of hydrogen-bond acceptors (Lipinski definition) is 2. The van der Waals surface area contributed by atoms with Crippen LogP contribution in [0.2, 0.25) is 0 Å². The number of rotatable bonds is 8. The lowest BCUT2D eigenvalue weighted by Gasteiger charge is -2.25. The first-order valence-electron chi connectivity index (χ1n) is 9.10. The van der Waals surface area contributed by atoms with Gasteiger partial charge in [-0.05, 0) is 55.2 Å². The van der Waals surface area contributed by atoms with E-state index in [-0.39, 0.29) is 17.9 Å². The van der Waals surface area contributed by atoms with Gasteiger partial charge in [0.25, 0.3) is 0 Å². The molecule has 0 spiro atoms. The van der Waals surface area contributed by atoms with Gasteiger partial charge in [0.05, 0.1) is 12.6 Å². The molecule has 5 heteroatoms. The molecule has 0 bridgehead atoms. The molecule has 0 heterocycles. The first kappa shape index (κ1) is 17.2. The quantitative estimate of drug-likeness (QED) is 0.711. The van der Waals surface area contributed by atoms with Crippen molar-refractivity contribution < 1.29 is 13.9 Å². The third-order valence-corrected chi connectivity index (χ3v) is 4.97.